The second-order valence-electron chi connectivity index (χ2n) is 4.56. The van der Waals surface area contributed by atoms with Gasteiger partial charge in [0.25, 0.3) is 17.3 Å². The molecule has 0 unspecified atom stereocenters. The largest absolute Gasteiger partial charge is 0.348 e. The Hall–Kier alpha value is -3.00. The van der Waals surface area contributed by atoms with Crippen LogP contribution >= 0.6 is 11.6 Å². The van der Waals surface area contributed by atoms with E-state index in [0.29, 0.717) is 5.02 Å². The number of halogens is 1. The molecule has 0 fully saturated rings. The first-order valence-electron chi connectivity index (χ1n) is 6.33. The number of benzene rings is 2. The topological polar surface area (TPSA) is 115 Å². The molecule has 2 rings (SSSR count). The molecule has 0 aliphatic heterocycles. The molecule has 118 valence electrons. The van der Waals surface area contributed by atoms with Gasteiger partial charge in [0.05, 0.1) is 21.5 Å². The Kier molecular flexibility index (Phi) is 4.87. The number of nitro groups is 2. The first kappa shape index (κ1) is 16.4. The summed E-state index contributed by atoms with van der Waals surface area (Å²) in [6, 6.07) is 9.50. The minimum Gasteiger partial charge on any atom is -0.348 e. The number of nitrogens with zero attached hydrogens (tertiary/aromatic N) is 2. The smallest absolute Gasteiger partial charge is 0.277 e. The summed E-state index contributed by atoms with van der Waals surface area (Å²) in [4.78, 5) is 32.1. The van der Waals surface area contributed by atoms with Gasteiger partial charge in [0.2, 0.25) is 0 Å². The van der Waals surface area contributed by atoms with Crippen LogP contribution in [0.15, 0.2) is 42.5 Å². The van der Waals surface area contributed by atoms with E-state index in [1.54, 1.807) is 24.3 Å². The minimum absolute atomic E-state index is 0.153. The zero-order chi connectivity index (χ0) is 17.0. The first-order valence-corrected chi connectivity index (χ1v) is 6.71. The van der Waals surface area contributed by atoms with E-state index in [9.17, 15) is 25.0 Å². The molecule has 1 amide bonds. The van der Waals surface area contributed by atoms with Gasteiger partial charge in [-0.1, -0.05) is 23.7 Å². The number of rotatable bonds is 5. The summed E-state index contributed by atoms with van der Waals surface area (Å²) in [5.41, 5.74) is -0.422. The van der Waals surface area contributed by atoms with Crippen LogP contribution in [0.2, 0.25) is 5.02 Å². The zero-order valence-electron chi connectivity index (χ0n) is 11.6. The van der Waals surface area contributed by atoms with Gasteiger partial charge in [-0.3, -0.25) is 25.0 Å². The molecule has 0 spiro atoms. The average Bonchev–Trinajstić information content (AvgIpc) is 2.53. The highest BCUT2D eigenvalue weighted by molar-refractivity contribution is 6.30. The number of hydrogen-bond acceptors (Lipinski definition) is 5. The maximum atomic E-state index is 12.1. The number of amides is 1. The number of carbonyl (C=O) groups is 1. The van der Waals surface area contributed by atoms with Crippen molar-refractivity contribution < 1.29 is 14.6 Å². The molecule has 0 aliphatic carbocycles. The fourth-order valence-electron chi connectivity index (χ4n) is 1.82. The highest BCUT2D eigenvalue weighted by Crippen LogP contribution is 2.22. The second kappa shape index (κ2) is 6.84. The Balaban J connectivity index is 2.19. The summed E-state index contributed by atoms with van der Waals surface area (Å²) < 4.78 is 0. The average molecular weight is 336 g/mol. The van der Waals surface area contributed by atoms with Crippen LogP contribution in [0.1, 0.15) is 15.9 Å². The monoisotopic (exact) mass is 335 g/mol. The normalized spacial score (nSPS) is 10.1. The van der Waals surface area contributed by atoms with Gasteiger partial charge in [0.15, 0.2) is 0 Å². The maximum absolute atomic E-state index is 12.1. The molecular weight excluding hydrogens is 326 g/mol. The summed E-state index contributed by atoms with van der Waals surface area (Å²) in [6.07, 6.45) is 0. The van der Waals surface area contributed by atoms with E-state index < -0.39 is 27.1 Å². The van der Waals surface area contributed by atoms with Crippen molar-refractivity contribution in [2.75, 3.05) is 0 Å². The lowest BCUT2D eigenvalue weighted by Crippen LogP contribution is -2.23. The van der Waals surface area contributed by atoms with E-state index in [-0.39, 0.29) is 12.1 Å². The number of hydrogen-bond donors (Lipinski definition) is 1. The molecule has 0 saturated carbocycles. The SMILES string of the molecule is O=C(NCc1ccc(Cl)cc1)c1cc([N+](=O)[O-])cc([N+](=O)[O-])c1. The van der Waals surface area contributed by atoms with E-state index in [0.717, 1.165) is 23.8 Å². The molecule has 2 aromatic rings. The van der Waals surface area contributed by atoms with Crippen LogP contribution in [0.25, 0.3) is 0 Å². The van der Waals surface area contributed by atoms with Crippen LogP contribution in [0.5, 0.6) is 0 Å². The van der Waals surface area contributed by atoms with Gasteiger partial charge in [0.1, 0.15) is 0 Å². The maximum Gasteiger partial charge on any atom is 0.277 e. The molecule has 0 radical (unpaired) electrons. The van der Waals surface area contributed by atoms with Crippen molar-refractivity contribution in [2.24, 2.45) is 0 Å². The van der Waals surface area contributed by atoms with E-state index in [1.165, 1.54) is 0 Å². The van der Waals surface area contributed by atoms with Crippen LogP contribution in [-0.2, 0) is 6.54 Å². The third kappa shape index (κ3) is 4.24. The third-order valence-corrected chi connectivity index (χ3v) is 3.20. The Bertz CT molecular complexity index is 744. The molecule has 23 heavy (non-hydrogen) atoms. The van der Waals surface area contributed by atoms with Gasteiger partial charge in [-0.15, -0.1) is 0 Å². The van der Waals surface area contributed by atoms with E-state index in [4.69, 9.17) is 11.6 Å². The molecule has 0 atom stereocenters. The summed E-state index contributed by atoms with van der Waals surface area (Å²) >= 11 is 5.75. The lowest BCUT2D eigenvalue weighted by atomic mass is 10.1. The van der Waals surface area contributed by atoms with E-state index in [2.05, 4.69) is 5.32 Å². The quantitative estimate of drug-likeness (QED) is 0.665. The van der Waals surface area contributed by atoms with Crippen LogP contribution in [0, 0.1) is 20.2 Å². The van der Waals surface area contributed by atoms with Crippen LogP contribution in [0.3, 0.4) is 0 Å². The van der Waals surface area contributed by atoms with Gasteiger partial charge in [-0.05, 0) is 17.7 Å². The highest BCUT2D eigenvalue weighted by Gasteiger charge is 2.19. The van der Waals surface area contributed by atoms with E-state index in [1.807, 2.05) is 0 Å². The van der Waals surface area contributed by atoms with Crippen LogP contribution in [0.4, 0.5) is 11.4 Å². The molecule has 0 bridgehead atoms. The molecule has 0 aliphatic rings. The van der Waals surface area contributed by atoms with Crippen LogP contribution < -0.4 is 5.32 Å². The minimum atomic E-state index is -0.789. The van der Waals surface area contributed by atoms with Gasteiger partial charge in [-0.2, -0.15) is 0 Å². The molecule has 0 aromatic heterocycles. The van der Waals surface area contributed by atoms with Crippen molar-refractivity contribution in [3.05, 3.63) is 78.8 Å². The highest BCUT2D eigenvalue weighted by atomic mass is 35.5. The van der Waals surface area contributed by atoms with Crippen LogP contribution in [-0.4, -0.2) is 15.8 Å². The molecule has 0 saturated heterocycles. The summed E-state index contributed by atoms with van der Waals surface area (Å²) in [5, 5.41) is 24.7. The van der Waals surface area contributed by atoms with Crippen molar-refractivity contribution >= 4 is 28.9 Å². The predicted molar refractivity (Wildman–Crippen MR) is 82.4 cm³/mol. The summed E-state index contributed by atoms with van der Waals surface area (Å²) in [7, 11) is 0. The standard InChI is InChI=1S/C14H10ClN3O5/c15-11-3-1-9(2-4-11)8-16-14(19)10-5-12(17(20)21)7-13(6-10)18(22)23/h1-7H,8H2,(H,16,19). The first-order chi connectivity index (χ1) is 10.9. The second-order valence-corrected chi connectivity index (χ2v) is 5.00. The number of nitro benzene ring substituents is 2. The molecule has 9 heteroatoms. The van der Waals surface area contributed by atoms with Gasteiger partial charge >= 0.3 is 0 Å². The zero-order valence-corrected chi connectivity index (χ0v) is 12.3. The molecule has 8 nitrogen and oxygen atoms in total. The lowest BCUT2D eigenvalue weighted by Gasteiger charge is -2.06. The van der Waals surface area contributed by atoms with Crippen molar-refractivity contribution in [3.63, 3.8) is 0 Å². The molecular formula is C14H10ClN3O5. The summed E-state index contributed by atoms with van der Waals surface area (Å²) in [5.74, 6) is -0.647. The number of carbonyl (C=O) groups excluding carboxylic acids is 1. The van der Waals surface area contributed by atoms with Gasteiger partial charge in [0, 0.05) is 23.7 Å². The number of non-ortho nitro benzene ring substituents is 2. The lowest BCUT2D eigenvalue weighted by molar-refractivity contribution is -0.394. The Labute approximate surface area is 135 Å². The summed E-state index contributed by atoms with van der Waals surface area (Å²) in [6.45, 7) is 0.159. The molecule has 1 N–H and O–H groups in total. The van der Waals surface area contributed by atoms with Crippen molar-refractivity contribution in [2.45, 2.75) is 6.54 Å². The fraction of sp³-hybridized carbons (Fsp3) is 0.0714. The van der Waals surface area contributed by atoms with Gasteiger partial charge in [-0.25, -0.2) is 0 Å². The fourth-order valence-corrected chi connectivity index (χ4v) is 1.95. The van der Waals surface area contributed by atoms with Crippen molar-refractivity contribution in [1.82, 2.24) is 5.32 Å². The van der Waals surface area contributed by atoms with Crippen molar-refractivity contribution in [3.8, 4) is 0 Å². The number of nitrogens with one attached hydrogen (secondary N) is 1. The Morgan fingerprint density at radius 2 is 1.52 bits per heavy atom. The molecule has 2 aromatic carbocycles. The third-order valence-electron chi connectivity index (χ3n) is 2.95. The van der Waals surface area contributed by atoms with E-state index >= 15 is 0 Å². The Morgan fingerprint density at radius 3 is 2.00 bits per heavy atom. The molecule has 0 heterocycles. The Morgan fingerprint density at radius 1 is 1.00 bits per heavy atom. The van der Waals surface area contributed by atoms with Crippen molar-refractivity contribution in [1.29, 1.82) is 0 Å². The predicted octanol–water partition coefficient (Wildman–Crippen LogP) is 3.09. The van der Waals surface area contributed by atoms with Gasteiger partial charge < -0.3 is 5.32 Å².